The van der Waals surface area contributed by atoms with Crippen LogP contribution >= 0.6 is 0 Å². The van der Waals surface area contributed by atoms with Crippen LogP contribution in [-0.2, 0) is 6.54 Å². The Labute approximate surface area is 102 Å². The lowest BCUT2D eigenvalue weighted by molar-refractivity contribution is 0.449. The van der Waals surface area contributed by atoms with Gasteiger partial charge < -0.3 is 5.32 Å². The molecule has 0 spiro atoms. The third kappa shape index (κ3) is 5.26. The van der Waals surface area contributed by atoms with Gasteiger partial charge in [0.05, 0.1) is 0 Å². The zero-order chi connectivity index (χ0) is 12.8. The molecule has 1 atom stereocenters. The van der Waals surface area contributed by atoms with Crippen LogP contribution in [0.4, 0.5) is 8.78 Å². The maximum atomic E-state index is 13.0. The molecular weight excluding hydrogens is 220 g/mol. The summed E-state index contributed by atoms with van der Waals surface area (Å²) in [6, 6.07) is 4.42. The van der Waals surface area contributed by atoms with Gasteiger partial charge >= 0.3 is 0 Å². The fourth-order valence-electron chi connectivity index (χ4n) is 1.63. The Morgan fingerprint density at radius 3 is 2.35 bits per heavy atom. The maximum absolute atomic E-state index is 13.0. The lowest BCUT2D eigenvalue weighted by Gasteiger charge is -2.15. The minimum absolute atomic E-state index is 0.394. The Morgan fingerprint density at radius 2 is 1.76 bits per heavy atom. The van der Waals surface area contributed by atoms with Crippen molar-refractivity contribution in [2.24, 2.45) is 5.92 Å². The summed E-state index contributed by atoms with van der Waals surface area (Å²) in [5.74, 6) is -0.872. The molecular formula is C14H21F2N. The van der Waals surface area contributed by atoms with E-state index in [2.05, 4.69) is 26.1 Å². The number of rotatable bonds is 6. The van der Waals surface area contributed by atoms with Gasteiger partial charge in [0, 0.05) is 12.6 Å². The van der Waals surface area contributed by atoms with E-state index >= 15 is 0 Å². The molecule has 0 saturated carbocycles. The molecule has 0 heterocycles. The average Bonchev–Trinajstić information content (AvgIpc) is 2.28. The van der Waals surface area contributed by atoms with E-state index in [1.54, 1.807) is 6.07 Å². The first-order valence-corrected chi connectivity index (χ1v) is 6.16. The molecule has 3 heteroatoms. The molecule has 1 N–H and O–H groups in total. The molecule has 0 fully saturated rings. The highest BCUT2D eigenvalue weighted by molar-refractivity contribution is 5.17. The van der Waals surface area contributed by atoms with E-state index < -0.39 is 11.6 Å². The molecule has 0 aliphatic carbocycles. The number of hydrogen-bond donors (Lipinski definition) is 1. The average molecular weight is 241 g/mol. The zero-order valence-electron chi connectivity index (χ0n) is 10.8. The van der Waals surface area contributed by atoms with Gasteiger partial charge in [0.25, 0.3) is 0 Å². The van der Waals surface area contributed by atoms with E-state index in [0.29, 0.717) is 18.5 Å². The summed E-state index contributed by atoms with van der Waals surface area (Å²) in [6.45, 7) is 7.09. The summed E-state index contributed by atoms with van der Waals surface area (Å²) in [7, 11) is 0. The highest BCUT2D eigenvalue weighted by Gasteiger charge is 2.05. The second kappa shape index (κ2) is 6.70. The fraction of sp³-hybridized carbons (Fsp3) is 0.571. The number of benzene rings is 1. The summed E-state index contributed by atoms with van der Waals surface area (Å²) in [6.07, 6.45) is 2.27. The summed E-state index contributed by atoms with van der Waals surface area (Å²) >= 11 is 0. The van der Waals surface area contributed by atoms with E-state index in [0.717, 1.165) is 12.0 Å². The van der Waals surface area contributed by atoms with Crippen LogP contribution in [0.15, 0.2) is 18.2 Å². The summed E-state index contributed by atoms with van der Waals surface area (Å²) in [5, 5.41) is 3.31. The van der Waals surface area contributed by atoms with Crippen LogP contribution in [-0.4, -0.2) is 6.04 Å². The Bertz CT molecular complexity index is 350. The largest absolute Gasteiger partial charge is 0.310 e. The van der Waals surface area contributed by atoms with E-state index in [1.165, 1.54) is 18.6 Å². The number of nitrogens with one attached hydrogen (secondary N) is 1. The quantitative estimate of drug-likeness (QED) is 0.797. The third-order valence-corrected chi connectivity index (χ3v) is 2.82. The van der Waals surface area contributed by atoms with Crippen LogP contribution in [0.1, 0.15) is 39.2 Å². The fourth-order valence-corrected chi connectivity index (χ4v) is 1.63. The maximum Gasteiger partial charge on any atom is 0.159 e. The molecule has 1 aromatic rings. The van der Waals surface area contributed by atoms with Gasteiger partial charge in [0.2, 0.25) is 0 Å². The van der Waals surface area contributed by atoms with Crippen molar-refractivity contribution in [2.75, 3.05) is 0 Å². The molecule has 1 nitrogen and oxygen atoms in total. The van der Waals surface area contributed by atoms with Crippen molar-refractivity contribution in [1.29, 1.82) is 0 Å². The second-order valence-corrected chi connectivity index (χ2v) is 5.00. The number of hydrogen-bond acceptors (Lipinski definition) is 1. The first-order valence-electron chi connectivity index (χ1n) is 6.16. The van der Waals surface area contributed by atoms with Crippen molar-refractivity contribution in [2.45, 2.75) is 46.2 Å². The molecule has 1 aromatic carbocycles. The molecule has 1 unspecified atom stereocenters. The monoisotopic (exact) mass is 241 g/mol. The first-order chi connectivity index (χ1) is 7.99. The molecule has 0 saturated heterocycles. The van der Waals surface area contributed by atoms with Crippen molar-refractivity contribution in [3.8, 4) is 0 Å². The summed E-state index contributed by atoms with van der Waals surface area (Å²) < 4.78 is 25.7. The summed E-state index contributed by atoms with van der Waals surface area (Å²) in [5.41, 5.74) is 0.778. The predicted molar refractivity (Wildman–Crippen MR) is 66.7 cm³/mol. The van der Waals surface area contributed by atoms with Crippen LogP contribution in [0.3, 0.4) is 0 Å². The van der Waals surface area contributed by atoms with Gasteiger partial charge in [-0.05, 0) is 43.4 Å². The second-order valence-electron chi connectivity index (χ2n) is 5.00. The van der Waals surface area contributed by atoms with Crippen LogP contribution < -0.4 is 5.32 Å². The molecule has 0 aromatic heterocycles. The first kappa shape index (κ1) is 14.1. The van der Waals surface area contributed by atoms with Crippen LogP contribution in [0.2, 0.25) is 0 Å². The lowest BCUT2D eigenvalue weighted by Crippen LogP contribution is -2.25. The molecule has 0 amide bonds. The van der Waals surface area contributed by atoms with Crippen molar-refractivity contribution in [1.82, 2.24) is 5.32 Å². The van der Waals surface area contributed by atoms with Gasteiger partial charge in [-0.1, -0.05) is 19.9 Å². The Balaban J connectivity index is 2.36. The minimum atomic E-state index is -0.790. The Hall–Kier alpha value is -0.960. The SMILES string of the molecule is CC(C)CCC(C)NCc1ccc(F)c(F)c1. The molecule has 0 bridgehead atoms. The van der Waals surface area contributed by atoms with Gasteiger partial charge in [0.1, 0.15) is 0 Å². The molecule has 96 valence electrons. The molecule has 0 aliphatic heterocycles. The van der Waals surface area contributed by atoms with Crippen LogP contribution in [0.5, 0.6) is 0 Å². The Kier molecular flexibility index (Phi) is 5.56. The van der Waals surface area contributed by atoms with Crippen molar-refractivity contribution in [3.63, 3.8) is 0 Å². The van der Waals surface area contributed by atoms with Gasteiger partial charge in [0.15, 0.2) is 11.6 Å². The molecule has 17 heavy (non-hydrogen) atoms. The lowest BCUT2D eigenvalue weighted by atomic mass is 10.0. The Morgan fingerprint density at radius 1 is 1.06 bits per heavy atom. The van der Waals surface area contributed by atoms with E-state index in [1.807, 2.05) is 0 Å². The van der Waals surface area contributed by atoms with E-state index in [-0.39, 0.29) is 0 Å². The minimum Gasteiger partial charge on any atom is -0.310 e. The normalized spacial score (nSPS) is 13.1. The smallest absolute Gasteiger partial charge is 0.159 e. The van der Waals surface area contributed by atoms with Gasteiger partial charge in [-0.25, -0.2) is 8.78 Å². The highest BCUT2D eigenvalue weighted by atomic mass is 19.2. The van der Waals surface area contributed by atoms with Crippen LogP contribution in [0, 0.1) is 17.6 Å². The topological polar surface area (TPSA) is 12.0 Å². The standard InChI is InChI=1S/C14H21F2N/c1-10(2)4-5-11(3)17-9-12-6-7-13(15)14(16)8-12/h6-8,10-11,17H,4-5,9H2,1-3H3. The number of halogens is 2. The van der Waals surface area contributed by atoms with Gasteiger partial charge in [-0.3, -0.25) is 0 Å². The molecule has 0 radical (unpaired) electrons. The van der Waals surface area contributed by atoms with Gasteiger partial charge in [-0.2, -0.15) is 0 Å². The van der Waals surface area contributed by atoms with E-state index in [9.17, 15) is 8.78 Å². The van der Waals surface area contributed by atoms with Crippen molar-refractivity contribution >= 4 is 0 Å². The third-order valence-electron chi connectivity index (χ3n) is 2.82. The van der Waals surface area contributed by atoms with Crippen molar-refractivity contribution in [3.05, 3.63) is 35.4 Å². The van der Waals surface area contributed by atoms with Gasteiger partial charge in [-0.15, -0.1) is 0 Å². The summed E-state index contributed by atoms with van der Waals surface area (Å²) in [4.78, 5) is 0. The highest BCUT2D eigenvalue weighted by Crippen LogP contribution is 2.10. The zero-order valence-corrected chi connectivity index (χ0v) is 10.8. The van der Waals surface area contributed by atoms with E-state index in [4.69, 9.17) is 0 Å². The van der Waals surface area contributed by atoms with Crippen LogP contribution in [0.25, 0.3) is 0 Å². The molecule has 1 rings (SSSR count). The van der Waals surface area contributed by atoms with Crippen molar-refractivity contribution < 1.29 is 8.78 Å². The predicted octanol–water partition coefficient (Wildman–Crippen LogP) is 3.88. The molecule has 0 aliphatic rings.